The number of hydrogen-bond acceptors (Lipinski definition) is 3. The Balaban J connectivity index is 1.63. The van der Waals surface area contributed by atoms with E-state index in [0.717, 1.165) is 31.2 Å². The van der Waals surface area contributed by atoms with Gasteiger partial charge in [-0.3, -0.25) is 9.59 Å². The van der Waals surface area contributed by atoms with Crippen LogP contribution in [-0.2, 0) is 4.79 Å². The lowest BCUT2D eigenvalue weighted by Crippen LogP contribution is -2.24. The summed E-state index contributed by atoms with van der Waals surface area (Å²) in [6.07, 6.45) is 5.32. The van der Waals surface area contributed by atoms with Gasteiger partial charge >= 0.3 is 0 Å². The van der Waals surface area contributed by atoms with Crippen molar-refractivity contribution in [1.82, 2.24) is 5.43 Å². The fourth-order valence-corrected chi connectivity index (χ4v) is 3.30. The molecule has 1 aliphatic carbocycles. The van der Waals surface area contributed by atoms with Crippen LogP contribution in [0.15, 0.2) is 53.6 Å². The first kappa shape index (κ1) is 19.7. The summed E-state index contributed by atoms with van der Waals surface area (Å²) < 4.78 is 12.9. The number of nitrogens with zero attached hydrogens (tertiary/aromatic N) is 1. The lowest BCUT2D eigenvalue weighted by atomic mass is 9.88. The Hall–Kier alpha value is -3.02. The summed E-state index contributed by atoms with van der Waals surface area (Å²) in [5, 5.41) is 7.10. The summed E-state index contributed by atoms with van der Waals surface area (Å²) in [7, 11) is 0. The summed E-state index contributed by atoms with van der Waals surface area (Å²) in [6.45, 7) is 1.77. The maximum Gasteiger partial charge on any atom is 0.271 e. The number of halogens is 1. The quantitative estimate of drug-likeness (QED) is 0.591. The lowest BCUT2D eigenvalue weighted by molar-refractivity contribution is -0.120. The number of nitrogens with one attached hydrogen (secondary N) is 2. The first-order chi connectivity index (χ1) is 13.5. The summed E-state index contributed by atoms with van der Waals surface area (Å²) in [5.74, 6) is -0.664. The highest BCUT2D eigenvalue weighted by Crippen LogP contribution is 2.25. The second-order valence-electron chi connectivity index (χ2n) is 7.05. The largest absolute Gasteiger partial charge is 0.326 e. The van der Waals surface area contributed by atoms with Crippen LogP contribution < -0.4 is 10.7 Å². The van der Waals surface area contributed by atoms with Crippen molar-refractivity contribution in [3.63, 3.8) is 0 Å². The predicted molar refractivity (Wildman–Crippen MR) is 108 cm³/mol. The van der Waals surface area contributed by atoms with Crippen molar-refractivity contribution >= 4 is 23.2 Å². The van der Waals surface area contributed by atoms with Crippen LogP contribution in [0.4, 0.5) is 10.1 Å². The van der Waals surface area contributed by atoms with Crippen molar-refractivity contribution in [1.29, 1.82) is 0 Å². The molecule has 0 aliphatic heterocycles. The molecule has 0 saturated heterocycles. The van der Waals surface area contributed by atoms with Gasteiger partial charge in [0.1, 0.15) is 5.82 Å². The summed E-state index contributed by atoms with van der Waals surface area (Å²) >= 11 is 0. The van der Waals surface area contributed by atoms with Crippen LogP contribution in [0, 0.1) is 11.7 Å². The van der Waals surface area contributed by atoms with E-state index in [-0.39, 0.29) is 11.8 Å². The van der Waals surface area contributed by atoms with E-state index in [4.69, 9.17) is 0 Å². The molecule has 0 atom stereocenters. The molecule has 1 saturated carbocycles. The zero-order valence-electron chi connectivity index (χ0n) is 15.9. The molecule has 0 radical (unpaired) electrons. The monoisotopic (exact) mass is 381 g/mol. The van der Waals surface area contributed by atoms with Crippen molar-refractivity contribution < 1.29 is 14.0 Å². The SMILES string of the molecule is CC(=NNC(=O)c1ccc(F)cc1)c1cccc(NC(=O)C2CCCCC2)c1. The number of anilines is 1. The maximum atomic E-state index is 12.9. The molecule has 5 nitrogen and oxygen atoms in total. The molecule has 1 fully saturated rings. The molecule has 0 heterocycles. The lowest BCUT2D eigenvalue weighted by Gasteiger charge is -2.20. The van der Waals surface area contributed by atoms with Crippen LogP contribution in [0.5, 0.6) is 0 Å². The minimum atomic E-state index is -0.416. The third kappa shape index (κ3) is 5.25. The molecule has 2 N–H and O–H groups in total. The van der Waals surface area contributed by atoms with Crippen LogP contribution in [0.25, 0.3) is 0 Å². The van der Waals surface area contributed by atoms with Crippen LogP contribution in [0.1, 0.15) is 54.9 Å². The molecule has 2 aromatic rings. The minimum absolute atomic E-state index is 0.0658. The Morgan fingerprint density at radius 1 is 1.00 bits per heavy atom. The van der Waals surface area contributed by atoms with E-state index < -0.39 is 11.7 Å². The van der Waals surface area contributed by atoms with Gasteiger partial charge in [-0.05, 0) is 61.7 Å². The molecule has 28 heavy (non-hydrogen) atoms. The normalized spacial score (nSPS) is 15.1. The smallest absolute Gasteiger partial charge is 0.271 e. The zero-order chi connectivity index (χ0) is 19.9. The summed E-state index contributed by atoms with van der Waals surface area (Å²) in [5.41, 5.74) is 4.90. The molecule has 0 unspecified atom stereocenters. The van der Waals surface area contributed by atoms with E-state index in [2.05, 4.69) is 15.8 Å². The fourth-order valence-electron chi connectivity index (χ4n) is 3.30. The molecule has 146 valence electrons. The number of carbonyl (C=O) groups is 2. The van der Waals surface area contributed by atoms with Gasteiger partial charge in [0.15, 0.2) is 0 Å². The molecule has 0 aromatic heterocycles. The van der Waals surface area contributed by atoms with Gasteiger partial charge in [-0.2, -0.15) is 5.10 Å². The molecule has 3 rings (SSSR count). The van der Waals surface area contributed by atoms with Crippen LogP contribution >= 0.6 is 0 Å². The van der Waals surface area contributed by atoms with Crippen molar-refractivity contribution in [2.24, 2.45) is 11.0 Å². The molecular formula is C22H24FN3O2. The van der Waals surface area contributed by atoms with Crippen molar-refractivity contribution in [2.75, 3.05) is 5.32 Å². The highest BCUT2D eigenvalue weighted by Gasteiger charge is 2.21. The molecule has 0 bridgehead atoms. The predicted octanol–water partition coefficient (Wildman–Crippen LogP) is 4.50. The summed E-state index contributed by atoms with van der Waals surface area (Å²) in [4.78, 5) is 24.5. The highest BCUT2D eigenvalue weighted by atomic mass is 19.1. The highest BCUT2D eigenvalue weighted by molar-refractivity contribution is 6.02. The number of amides is 2. The Labute approximate surface area is 164 Å². The minimum Gasteiger partial charge on any atom is -0.326 e. The van der Waals surface area contributed by atoms with Gasteiger partial charge in [0.2, 0.25) is 5.91 Å². The number of benzene rings is 2. The van der Waals surface area contributed by atoms with Crippen molar-refractivity contribution in [2.45, 2.75) is 39.0 Å². The molecule has 0 spiro atoms. The Bertz CT molecular complexity index is 872. The second-order valence-corrected chi connectivity index (χ2v) is 7.05. The third-order valence-electron chi connectivity index (χ3n) is 4.96. The number of hydrogen-bond donors (Lipinski definition) is 2. The maximum absolute atomic E-state index is 12.9. The van der Waals surface area contributed by atoms with Crippen LogP contribution in [0.3, 0.4) is 0 Å². The molecule has 2 amide bonds. The first-order valence-electron chi connectivity index (χ1n) is 9.54. The van der Waals surface area contributed by atoms with Gasteiger partial charge in [0.05, 0.1) is 5.71 Å². The van der Waals surface area contributed by atoms with E-state index in [0.29, 0.717) is 17.0 Å². The number of rotatable bonds is 5. The Morgan fingerprint density at radius 3 is 2.43 bits per heavy atom. The summed E-state index contributed by atoms with van der Waals surface area (Å²) in [6, 6.07) is 12.6. The number of hydrazone groups is 1. The zero-order valence-corrected chi connectivity index (χ0v) is 15.9. The molecular weight excluding hydrogens is 357 g/mol. The molecule has 1 aliphatic rings. The van der Waals surface area contributed by atoms with Gasteiger partial charge < -0.3 is 5.32 Å². The van der Waals surface area contributed by atoms with Gasteiger partial charge in [-0.15, -0.1) is 0 Å². The van der Waals surface area contributed by atoms with E-state index in [1.807, 2.05) is 24.3 Å². The van der Waals surface area contributed by atoms with Gasteiger partial charge in [0, 0.05) is 17.2 Å². The molecule has 2 aromatic carbocycles. The van der Waals surface area contributed by atoms with Crippen LogP contribution in [0.2, 0.25) is 0 Å². The average Bonchev–Trinajstić information content (AvgIpc) is 2.73. The molecule has 6 heteroatoms. The Kier molecular flexibility index (Phi) is 6.53. The van der Waals surface area contributed by atoms with Gasteiger partial charge in [-0.25, -0.2) is 9.82 Å². The van der Waals surface area contributed by atoms with Gasteiger partial charge in [0.25, 0.3) is 5.91 Å². The Morgan fingerprint density at radius 2 is 1.71 bits per heavy atom. The van der Waals surface area contributed by atoms with E-state index in [1.165, 1.54) is 30.7 Å². The fraction of sp³-hybridized carbons (Fsp3) is 0.318. The van der Waals surface area contributed by atoms with E-state index >= 15 is 0 Å². The van der Waals surface area contributed by atoms with E-state index in [9.17, 15) is 14.0 Å². The second kappa shape index (κ2) is 9.26. The third-order valence-corrected chi connectivity index (χ3v) is 4.96. The first-order valence-corrected chi connectivity index (χ1v) is 9.54. The number of carbonyl (C=O) groups excluding carboxylic acids is 2. The van der Waals surface area contributed by atoms with Crippen LogP contribution in [-0.4, -0.2) is 17.5 Å². The average molecular weight is 381 g/mol. The topological polar surface area (TPSA) is 70.6 Å². The van der Waals surface area contributed by atoms with Crippen molar-refractivity contribution in [3.05, 3.63) is 65.5 Å². The standard InChI is InChI=1S/C22H24FN3O2/c1-15(25-26-22(28)17-10-12-19(23)13-11-17)18-8-5-9-20(14-18)24-21(27)16-6-3-2-4-7-16/h5,8-14,16H,2-4,6-7H2,1H3,(H,24,27)(H,26,28). The van der Waals surface area contributed by atoms with Crippen molar-refractivity contribution in [3.8, 4) is 0 Å². The van der Waals surface area contributed by atoms with E-state index in [1.54, 1.807) is 6.92 Å². The van der Waals surface area contributed by atoms with Gasteiger partial charge in [-0.1, -0.05) is 31.4 Å².